The van der Waals surface area contributed by atoms with E-state index in [1.807, 2.05) is 6.92 Å². The number of amides is 3. The summed E-state index contributed by atoms with van der Waals surface area (Å²) in [6, 6.07) is 13.9. The summed E-state index contributed by atoms with van der Waals surface area (Å²) in [6.07, 6.45) is 0. The van der Waals surface area contributed by atoms with Gasteiger partial charge in [-0.3, -0.25) is 14.4 Å². The van der Waals surface area contributed by atoms with Crippen molar-refractivity contribution < 1.29 is 23.9 Å². The summed E-state index contributed by atoms with van der Waals surface area (Å²) in [4.78, 5) is 41.0. The molecule has 0 spiro atoms. The van der Waals surface area contributed by atoms with Gasteiger partial charge in [0.15, 0.2) is 0 Å². The lowest BCUT2D eigenvalue weighted by Crippen LogP contribution is -2.52. The number of benzene rings is 2. The number of rotatable bonds is 7. The van der Waals surface area contributed by atoms with Crippen molar-refractivity contribution in [1.29, 1.82) is 0 Å². The Morgan fingerprint density at radius 1 is 0.935 bits per heavy atom. The monoisotopic (exact) mass is 425 g/mol. The average Bonchev–Trinajstić information content (AvgIpc) is 2.82. The molecular formula is C23H27N3O5. The van der Waals surface area contributed by atoms with Gasteiger partial charge in [-0.05, 0) is 43.3 Å². The Balaban J connectivity index is 1.49. The summed E-state index contributed by atoms with van der Waals surface area (Å²) >= 11 is 0. The Morgan fingerprint density at radius 3 is 2.23 bits per heavy atom. The Bertz CT molecular complexity index is 921. The fourth-order valence-corrected chi connectivity index (χ4v) is 3.37. The van der Waals surface area contributed by atoms with Crippen molar-refractivity contribution in [3.05, 3.63) is 59.7 Å². The fourth-order valence-electron chi connectivity index (χ4n) is 3.37. The molecule has 0 aromatic heterocycles. The molecule has 2 aromatic carbocycles. The van der Waals surface area contributed by atoms with Gasteiger partial charge in [0.1, 0.15) is 11.5 Å². The molecule has 164 valence electrons. The number of carbonyl (C=O) groups is 3. The maximum atomic E-state index is 12.6. The fraction of sp³-hybridized carbons (Fsp3) is 0.348. The number of carbonyl (C=O) groups excluding carboxylic acids is 3. The van der Waals surface area contributed by atoms with Gasteiger partial charge in [-0.15, -0.1) is 0 Å². The van der Waals surface area contributed by atoms with Gasteiger partial charge in [0.2, 0.25) is 5.91 Å². The van der Waals surface area contributed by atoms with Crippen LogP contribution in [0.25, 0.3) is 0 Å². The Labute approximate surface area is 181 Å². The summed E-state index contributed by atoms with van der Waals surface area (Å²) in [7, 11) is 1.58. The van der Waals surface area contributed by atoms with E-state index in [2.05, 4.69) is 5.32 Å². The van der Waals surface area contributed by atoms with Crippen molar-refractivity contribution >= 4 is 17.7 Å². The first-order valence-electron chi connectivity index (χ1n) is 10.2. The second kappa shape index (κ2) is 10.5. The van der Waals surface area contributed by atoms with Gasteiger partial charge in [-0.25, -0.2) is 0 Å². The van der Waals surface area contributed by atoms with E-state index in [9.17, 15) is 14.4 Å². The standard InChI is InChI=1S/C23H27N3O5/c1-3-31-20-7-5-4-6-19(20)22(28)24-16-21(27)25-12-14-26(15-13-25)23(29)17-8-10-18(30-2)11-9-17/h4-11H,3,12-16H2,1-2H3,(H,24,28). The van der Waals surface area contributed by atoms with Crippen LogP contribution in [0.15, 0.2) is 48.5 Å². The second-order valence-corrected chi connectivity index (χ2v) is 7.01. The molecule has 0 unspecified atom stereocenters. The van der Waals surface area contributed by atoms with Crippen LogP contribution < -0.4 is 14.8 Å². The zero-order chi connectivity index (χ0) is 22.2. The molecule has 3 amide bonds. The second-order valence-electron chi connectivity index (χ2n) is 7.01. The number of nitrogens with one attached hydrogen (secondary N) is 1. The highest BCUT2D eigenvalue weighted by Crippen LogP contribution is 2.18. The molecule has 0 atom stereocenters. The average molecular weight is 425 g/mol. The molecule has 1 saturated heterocycles. The third-order valence-electron chi connectivity index (χ3n) is 5.09. The highest BCUT2D eigenvalue weighted by atomic mass is 16.5. The zero-order valence-electron chi connectivity index (χ0n) is 17.8. The van der Waals surface area contributed by atoms with Gasteiger partial charge in [0, 0.05) is 31.7 Å². The molecule has 1 aliphatic heterocycles. The number of piperazine rings is 1. The molecule has 31 heavy (non-hydrogen) atoms. The quantitative estimate of drug-likeness (QED) is 0.731. The lowest BCUT2D eigenvalue weighted by molar-refractivity contribution is -0.131. The third kappa shape index (κ3) is 5.53. The van der Waals surface area contributed by atoms with E-state index in [0.29, 0.717) is 55.4 Å². The van der Waals surface area contributed by atoms with Crippen LogP contribution in [0.1, 0.15) is 27.6 Å². The van der Waals surface area contributed by atoms with E-state index in [4.69, 9.17) is 9.47 Å². The van der Waals surface area contributed by atoms with Crippen LogP contribution in [0.3, 0.4) is 0 Å². The van der Waals surface area contributed by atoms with Crippen molar-refractivity contribution in [2.75, 3.05) is 46.4 Å². The topological polar surface area (TPSA) is 88.2 Å². The van der Waals surface area contributed by atoms with E-state index in [0.717, 1.165) is 0 Å². The number of hydrogen-bond acceptors (Lipinski definition) is 5. The van der Waals surface area contributed by atoms with Gasteiger partial charge in [-0.2, -0.15) is 0 Å². The minimum absolute atomic E-state index is 0.0735. The smallest absolute Gasteiger partial charge is 0.255 e. The normalized spacial score (nSPS) is 13.5. The molecule has 0 aliphatic carbocycles. The van der Waals surface area contributed by atoms with Crippen LogP contribution in [-0.2, 0) is 4.79 Å². The number of nitrogens with zero attached hydrogens (tertiary/aromatic N) is 2. The van der Waals surface area contributed by atoms with E-state index in [1.54, 1.807) is 65.4 Å². The molecule has 8 nitrogen and oxygen atoms in total. The molecule has 8 heteroatoms. The van der Waals surface area contributed by atoms with E-state index < -0.39 is 0 Å². The highest BCUT2D eigenvalue weighted by Gasteiger charge is 2.25. The van der Waals surface area contributed by atoms with Crippen LogP contribution in [0.4, 0.5) is 0 Å². The molecule has 0 radical (unpaired) electrons. The Kier molecular flexibility index (Phi) is 7.48. The van der Waals surface area contributed by atoms with Crippen LogP contribution in [-0.4, -0.2) is 74.0 Å². The SMILES string of the molecule is CCOc1ccccc1C(=O)NCC(=O)N1CCN(C(=O)c2ccc(OC)cc2)CC1. The first-order valence-corrected chi connectivity index (χ1v) is 10.2. The van der Waals surface area contributed by atoms with Gasteiger partial charge in [0.25, 0.3) is 11.8 Å². The van der Waals surface area contributed by atoms with Crippen molar-refractivity contribution in [2.24, 2.45) is 0 Å². The first kappa shape index (κ1) is 22.1. The number of hydrogen-bond donors (Lipinski definition) is 1. The van der Waals surface area contributed by atoms with Gasteiger partial charge < -0.3 is 24.6 Å². The molecule has 0 saturated carbocycles. The van der Waals surface area contributed by atoms with Crippen molar-refractivity contribution in [3.8, 4) is 11.5 Å². The zero-order valence-corrected chi connectivity index (χ0v) is 17.8. The van der Waals surface area contributed by atoms with Gasteiger partial charge in [0.05, 0.1) is 25.8 Å². The Morgan fingerprint density at radius 2 is 1.58 bits per heavy atom. The maximum Gasteiger partial charge on any atom is 0.255 e. The highest BCUT2D eigenvalue weighted by molar-refractivity contribution is 5.99. The molecule has 1 fully saturated rings. The molecule has 1 N–H and O–H groups in total. The minimum Gasteiger partial charge on any atom is -0.497 e. The first-order chi connectivity index (χ1) is 15.0. The minimum atomic E-state index is -0.356. The predicted octanol–water partition coefficient (Wildman–Crippen LogP) is 1.81. The number of ether oxygens (including phenoxy) is 2. The summed E-state index contributed by atoms with van der Waals surface area (Å²) in [5, 5.41) is 2.66. The predicted molar refractivity (Wildman–Crippen MR) is 115 cm³/mol. The summed E-state index contributed by atoms with van der Waals surface area (Å²) < 4.78 is 10.6. The van der Waals surface area contributed by atoms with Gasteiger partial charge >= 0.3 is 0 Å². The number of methoxy groups -OCH3 is 1. The molecule has 3 rings (SSSR count). The van der Waals surface area contributed by atoms with Gasteiger partial charge in [-0.1, -0.05) is 12.1 Å². The molecule has 1 heterocycles. The molecule has 0 bridgehead atoms. The van der Waals surface area contributed by atoms with E-state index in [1.165, 1.54) is 0 Å². The summed E-state index contributed by atoms with van der Waals surface area (Å²) in [5.41, 5.74) is 0.980. The number of para-hydroxylation sites is 1. The van der Waals surface area contributed by atoms with Crippen molar-refractivity contribution in [3.63, 3.8) is 0 Å². The summed E-state index contributed by atoms with van der Waals surface area (Å²) in [5.74, 6) is 0.568. The van der Waals surface area contributed by atoms with Crippen LogP contribution >= 0.6 is 0 Å². The molecule has 2 aromatic rings. The Hall–Kier alpha value is -3.55. The van der Waals surface area contributed by atoms with Crippen molar-refractivity contribution in [1.82, 2.24) is 15.1 Å². The maximum absolute atomic E-state index is 12.6. The molecule has 1 aliphatic rings. The van der Waals surface area contributed by atoms with Crippen LogP contribution in [0, 0.1) is 0 Å². The van der Waals surface area contributed by atoms with E-state index in [-0.39, 0.29) is 24.3 Å². The third-order valence-corrected chi connectivity index (χ3v) is 5.09. The lowest BCUT2D eigenvalue weighted by atomic mass is 10.1. The van der Waals surface area contributed by atoms with Crippen LogP contribution in [0.2, 0.25) is 0 Å². The van der Waals surface area contributed by atoms with Crippen molar-refractivity contribution in [2.45, 2.75) is 6.92 Å². The lowest BCUT2D eigenvalue weighted by Gasteiger charge is -2.35. The largest absolute Gasteiger partial charge is 0.497 e. The van der Waals surface area contributed by atoms with Crippen LogP contribution in [0.5, 0.6) is 11.5 Å². The summed E-state index contributed by atoms with van der Waals surface area (Å²) in [6.45, 7) is 3.92. The van der Waals surface area contributed by atoms with E-state index >= 15 is 0 Å². The molecular weight excluding hydrogens is 398 g/mol.